The third kappa shape index (κ3) is 3.29. The molecule has 1 heterocycles. The molecule has 0 saturated carbocycles. The van der Waals surface area contributed by atoms with Crippen LogP contribution in [0.2, 0.25) is 0 Å². The van der Waals surface area contributed by atoms with Crippen LogP contribution in [-0.4, -0.2) is 36.6 Å². The number of aliphatic hydroxyl groups excluding tert-OH is 1. The lowest BCUT2D eigenvalue weighted by Gasteiger charge is -2.10. The summed E-state index contributed by atoms with van der Waals surface area (Å²) in [6, 6.07) is 0.782. The molecule has 4 N–H and O–H groups in total. The molecule has 0 bridgehead atoms. The Bertz CT molecular complexity index is 520. The zero-order chi connectivity index (χ0) is 13.2. The van der Waals surface area contributed by atoms with Crippen molar-refractivity contribution in [2.45, 2.75) is 17.9 Å². The number of carbonyl (C=O) groups is 1. The Morgan fingerprint density at radius 2 is 2.24 bits per heavy atom. The van der Waals surface area contributed by atoms with Gasteiger partial charge in [-0.2, -0.15) is 0 Å². The van der Waals surface area contributed by atoms with Crippen molar-refractivity contribution in [2.24, 2.45) is 12.2 Å². The van der Waals surface area contributed by atoms with Crippen LogP contribution in [0.15, 0.2) is 17.2 Å². The van der Waals surface area contributed by atoms with Crippen molar-refractivity contribution >= 4 is 15.9 Å². The molecule has 96 valence electrons. The molecular formula is C9H15N3O4S. The first-order valence-electron chi connectivity index (χ1n) is 4.86. The van der Waals surface area contributed by atoms with Crippen molar-refractivity contribution in [1.82, 2.24) is 9.88 Å². The Labute approximate surface area is 99.3 Å². The number of rotatable bonds is 4. The molecule has 0 aliphatic carbocycles. The van der Waals surface area contributed by atoms with E-state index in [1.165, 1.54) is 23.9 Å². The van der Waals surface area contributed by atoms with Crippen molar-refractivity contribution in [3.05, 3.63) is 18.0 Å². The highest BCUT2D eigenvalue weighted by Crippen LogP contribution is 2.11. The van der Waals surface area contributed by atoms with Crippen LogP contribution in [-0.2, 0) is 17.1 Å². The van der Waals surface area contributed by atoms with E-state index in [2.05, 4.69) is 5.32 Å². The summed E-state index contributed by atoms with van der Waals surface area (Å²) in [4.78, 5) is 11.6. The van der Waals surface area contributed by atoms with Gasteiger partial charge in [0.05, 0.1) is 6.61 Å². The molecule has 0 unspecified atom stereocenters. The summed E-state index contributed by atoms with van der Waals surface area (Å²) < 4.78 is 23.5. The minimum Gasteiger partial charge on any atom is -0.394 e. The maximum absolute atomic E-state index is 11.7. The van der Waals surface area contributed by atoms with E-state index in [-0.39, 0.29) is 17.2 Å². The average Bonchev–Trinajstić information content (AvgIpc) is 2.59. The molecule has 1 atom stereocenters. The summed E-state index contributed by atoms with van der Waals surface area (Å²) in [6.45, 7) is 1.43. The minimum atomic E-state index is -3.82. The van der Waals surface area contributed by atoms with Gasteiger partial charge in [0.2, 0.25) is 10.0 Å². The van der Waals surface area contributed by atoms with Gasteiger partial charge in [0.25, 0.3) is 5.91 Å². The fourth-order valence-corrected chi connectivity index (χ4v) is 1.84. The van der Waals surface area contributed by atoms with Gasteiger partial charge in [-0.3, -0.25) is 4.79 Å². The number of sulfonamides is 1. The van der Waals surface area contributed by atoms with Crippen molar-refractivity contribution in [3.8, 4) is 0 Å². The van der Waals surface area contributed by atoms with E-state index >= 15 is 0 Å². The highest BCUT2D eigenvalue weighted by Gasteiger charge is 2.18. The van der Waals surface area contributed by atoms with Gasteiger partial charge in [-0.25, -0.2) is 13.6 Å². The van der Waals surface area contributed by atoms with E-state index in [0.717, 1.165) is 0 Å². The lowest BCUT2D eigenvalue weighted by molar-refractivity contribution is 0.0914. The van der Waals surface area contributed by atoms with Crippen LogP contribution in [0.1, 0.15) is 17.4 Å². The molecule has 1 aromatic rings. The number of nitrogens with zero attached hydrogens (tertiary/aromatic N) is 1. The molecule has 0 aliphatic rings. The number of carbonyl (C=O) groups excluding carboxylic acids is 1. The van der Waals surface area contributed by atoms with Gasteiger partial charge in [-0.1, -0.05) is 0 Å². The highest BCUT2D eigenvalue weighted by molar-refractivity contribution is 7.89. The molecule has 1 aromatic heterocycles. The fourth-order valence-electron chi connectivity index (χ4n) is 1.26. The third-order valence-corrected chi connectivity index (χ3v) is 3.07. The van der Waals surface area contributed by atoms with E-state index in [0.29, 0.717) is 0 Å². The van der Waals surface area contributed by atoms with E-state index in [9.17, 15) is 13.2 Å². The zero-order valence-electron chi connectivity index (χ0n) is 9.54. The van der Waals surface area contributed by atoms with Crippen LogP contribution in [0.25, 0.3) is 0 Å². The molecule has 0 fully saturated rings. The van der Waals surface area contributed by atoms with E-state index in [1.54, 1.807) is 6.92 Å². The molecule has 7 nitrogen and oxygen atoms in total. The maximum Gasteiger partial charge on any atom is 0.268 e. The largest absolute Gasteiger partial charge is 0.394 e. The lowest BCUT2D eigenvalue weighted by atomic mass is 10.3. The molecule has 8 heteroatoms. The Kier molecular flexibility index (Phi) is 3.91. The Morgan fingerprint density at radius 1 is 1.65 bits per heavy atom. The number of primary sulfonamides is 1. The molecule has 0 aromatic carbocycles. The second-order valence-electron chi connectivity index (χ2n) is 3.77. The second-order valence-corrected chi connectivity index (χ2v) is 5.34. The molecule has 17 heavy (non-hydrogen) atoms. The molecule has 1 amide bonds. The first-order chi connectivity index (χ1) is 7.75. The predicted molar refractivity (Wildman–Crippen MR) is 60.8 cm³/mol. The number of aromatic nitrogens is 1. The van der Waals surface area contributed by atoms with Crippen LogP contribution < -0.4 is 10.5 Å². The normalized spacial score (nSPS) is 13.4. The monoisotopic (exact) mass is 261 g/mol. The van der Waals surface area contributed by atoms with Crippen LogP contribution in [0.5, 0.6) is 0 Å². The quantitative estimate of drug-likeness (QED) is 0.630. The number of nitrogens with two attached hydrogens (primary N) is 1. The van der Waals surface area contributed by atoms with E-state index in [1.807, 2.05) is 0 Å². The number of aryl methyl sites for hydroxylation is 1. The summed E-state index contributed by atoms with van der Waals surface area (Å²) in [5.74, 6) is -0.469. The number of aliphatic hydroxyl groups is 1. The molecule has 0 saturated heterocycles. The van der Waals surface area contributed by atoms with Crippen molar-refractivity contribution < 1.29 is 18.3 Å². The van der Waals surface area contributed by atoms with Crippen LogP contribution in [0.4, 0.5) is 0 Å². The zero-order valence-corrected chi connectivity index (χ0v) is 10.4. The summed E-state index contributed by atoms with van der Waals surface area (Å²) in [7, 11) is -2.29. The van der Waals surface area contributed by atoms with Crippen molar-refractivity contribution in [1.29, 1.82) is 0 Å². The van der Waals surface area contributed by atoms with Gasteiger partial charge in [-0.05, 0) is 13.0 Å². The van der Waals surface area contributed by atoms with Crippen molar-refractivity contribution in [2.75, 3.05) is 6.61 Å². The SMILES string of the molecule is C[C@H](CO)NC(=O)c1cc(S(N)(=O)=O)cn1C. The average molecular weight is 261 g/mol. The van der Waals surface area contributed by atoms with E-state index < -0.39 is 22.0 Å². The van der Waals surface area contributed by atoms with Crippen LogP contribution in [0.3, 0.4) is 0 Å². The van der Waals surface area contributed by atoms with Crippen molar-refractivity contribution in [3.63, 3.8) is 0 Å². The third-order valence-electron chi connectivity index (χ3n) is 2.19. The Balaban J connectivity index is 3.00. The van der Waals surface area contributed by atoms with Gasteiger partial charge in [0.1, 0.15) is 10.6 Å². The second kappa shape index (κ2) is 4.86. The highest BCUT2D eigenvalue weighted by atomic mass is 32.2. The molecule has 1 rings (SSSR count). The minimum absolute atomic E-state index is 0.123. The summed E-state index contributed by atoms with van der Waals surface area (Å²) in [6.07, 6.45) is 1.26. The van der Waals surface area contributed by atoms with Gasteiger partial charge in [0.15, 0.2) is 0 Å². The first-order valence-corrected chi connectivity index (χ1v) is 6.41. The Morgan fingerprint density at radius 3 is 2.65 bits per heavy atom. The predicted octanol–water partition coefficient (Wildman–Crippen LogP) is -1.22. The maximum atomic E-state index is 11.7. The van der Waals surface area contributed by atoms with Gasteiger partial charge in [0, 0.05) is 19.3 Å². The van der Waals surface area contributed by atoms with Gasteiger partial charge in [-0.15, -0.1) is 0 Å². The lowest BCUT2D eigenvalue weighted by Crippen LogP contribution is -2.35. The number of hydrogen-bond donors (Lipinski definition) is 3. The van der Waals surface area contributed by atoms with Gasteiger partial charge >= 0.3 is 0 Å². The van der Waals surface area contributed by atoms with Crippen LogP contribution >= 0.6 is 0 Å². The number of nitrogens with one attached hydrogen (secondary N) is 1. The standard InChI is InChI=1S/C9H15N3O4S/c1-6(5-13)11-9(14)8-3-7(4-12(8)2)17(10,15)16/h3-4,6,13H,5H2,1-2H3,(H,11,14)(H2,10,15,16)/t6-/m1/s1. The first kappa shape index (κ1) is 13.7. The smallest absolute Gasteiger partial charge is 0.268 e. The number of amides is 1. The molecule has 0 aliphatic heterocycles. The number of hydrogen-bond acceptors (Lipinski definition) is 4. The Hall–Kier alpha value is -1.38. The topological polar surface area (TPSA) is 114 Å². The molecule has 0 spiro atoms. The summed E-state index contributed by atoms with van der Waals surface area (Å²) in [5, 5.41) is 16.3. The van der Waals surface area contributed by atoms with E-state index in [4.69, 9.17) is 10.2 Å². The summed E-state index contributed by atoms with van der Waals surface area (Å²) in [5.41, 5.74) is 0.161. The fraction of sp³-hybridized carbons (Fsp3) is 0.444. The van der Waals surface area contributed by atoms with Gasteiger partial charge < -0.3 is 15.0 Å². The molecule has 0 radical (unpaired) electrons. The molecular weight excluding hydrogens is 246 g/mol. The summed E-state index contributed by atoms with van der Waals surface area (Å²) >= 11 is 0. The van der Waals surface area contributed by atoms with Crippen LogP contribution in [0, 0.1) is 0 Å².